The molecule has 0 aliphatic carbocycles. The Morgan fingerprint density at radius 1 is 1.65 bits per heavy atom. The number of carbonyl (C=O) groups is 2. The van der Waals surface area contributed by atoms with Crippen LogP contribution in [0.5, 0.6) is 0 Å². The second-order valence-electron chi connectivity index (χ2n) is 4.32. The van der Waals surface area contributed by atoms with Crippen LogP contribution in [0.2, 0.25) is 0 Å². The molecule has 1 aliphatic rings. The summed E-state index contributed by atoms with van der Waals surface area (Å²) in [6, 6.07) is 1.88. The van der Waals surface area contributed by atoms with E-state index in [0.29, 0.717) is 13.1 Å². The Bertz CT molecular complexity index is 459. The molecule has 1 fully saturated rings. The number of carbonyl (C=O) groups excluding carboxylic acids is 1. The molecule has 1 N–H and O–H groups in total. The number of nitrogens with zero attached hydrogens (tertiary/aromatic N) is 2. The lowest BCUT2D eigenvalue weighted by Crippen LogP contribution is -2.26. The van der Waals surface area contributed by atoms with Gasteiger partial charge >= 0.3 is 5.97 Å². The number of likely N-dealkylation sites (tertiary alicyclic amines) is 1. The second kappa shape index (κ2) is 4.53. The molecule has 90 valence electrons. The lowest BCUT2D eigenvalue weighted by Gasteiger charge is -2.16. The molecule has 0 spiro atoms. The third-order valence-electron chi connectivity index (χ3n) is 3.07. The summed E-state index contributed by atoms with van der Waals surface area (Å²) < 4.78 is 0. The first-order valence-electron chi connectivity index (χ1n) is 5.48. The zero-order valence-corrected chi connectivity index (χ0v) is 9.59. The van der Waals surface area contributed by atoms with Gasteiger partial charge in [-0.05, 0) is 24.1 Å². The molecule has 0 saturated carbocycles. The third-order valence-corrected chi connectivity index (χ3v) is 3.07. The fourth-order valence-corrected chi connectivity index (χ4v) is 1.96. The van der Waals surface area contributed by atoms with E-state index in [4.69, 9.17) is 5.11 Å². The Morgan fingerprint density at radius 2 is 2.41 bits per heavy atom. The minimum Gasteiger partial charge on any atom is -0.481 e. The normalized spacial score (nSPS) is 19.7. The molecule has 0 radical (unpaired) electrons. The van der Waals surface area contributed by atoms with Gasteiger partial charge in [0.1, 0.15) is 0 Å². The zero-order valence-electron chi connectivity index (χ0n) is 9.59. The highest BCUT2D eigenvalue weighted by Crippen LogP contribution is 2.21. The molecular weight excluding hydrogens is 220 g/mol. The van der Waals surface area contributed by atoms with Crippen LogP contribution < -0.4 is 0 Å². The summed E-state index contributed by atoms with van der Waals surface area (Å²) in [4.78, 5) is 28.1. The van der Waals surface area contributed by atoms with Crippen molar-refractivity contribution in [2.45, 2.75) is 19.9 Å². The predicted octanol–water partition coefficient (Wildman–Crippen LogP) is 0.823. The predicted molar refractivity (Wildman–Crippen MR) is 60.1 cm³/mol. The molecule has 1 aliphatic heterocycles. The van der Waals surface area contributed by atoms with Gasteiger partial charge in [-0.3, -0.25) is 14.6 Å². The largest absolute Gasteiger partial charge is 0.481 e. The summed E-state index contributed by atoms with van der Waals surface area (Å²) >= 11 is 0. The fourth-order valence-electron chi connectivity index (χ4n) is 1.96. The minimum atomic E-state index is -0.899. The molecule has 1 atom stereocenters. The zero-order chi connectivity index (χ0) is 12.4. The highest BCUT2D eigenvalue weighted by atomic mass is 16.4. The average Bonchev–Trinajstić information content (AvgIpc) is 2.64. The Hall–Kier alpha value is -1.91. The maximum Gasteiger partial charge on any atom is 0.308 e. The van der Waals surface area contributed by atoms with Crippen molar-refractivity contribution in [2.24, 2.45) is 5.92 Å². The quantitative estimate of drug-likeness (QED) is 0.840. The van der Waals surface area contributed by atoms with Gasteiger partial charge < -0.3 is 10.0 Å². The van der Waals surface area contributed by atoms with E-state index >= 15 is 0 Å². The van der Waals surface area contributed by atoms with Crippen LogP contribution in [0.1, 0.15) is 17.5 Å². The van der Waals surface area contributed by atoms with Crippen molar-refractivity contribution in [3.63, 3.8) is 0 Å². The number of amides is 1. The minimum absolute atomic E-state index is 0.0966. The van der Waals surface area contributed by atoms with E-state index < -0.39 is 11.9 Å². The van der Waals surface area contributed by atoms with Crippen LogP contribution in [0.25, 0.3) is 0 Å². The van der Waals surface area contributed by atoms with Gasteiger partial charge in [-0.15, -0.1) is 0 Å². The Morgan fingerprint density at radius 3 is 3.00 bits per heavy atom. The molecule has 1 aromatic heterocycles. The second-order valence-corrected chi connectivity index (χ2v) is 4.32. The number of aromatic nitrogens is 1. The van der Waals surface area contributed by atoms with Crippen LogP contribution >= 0.6 is 0 Å². The van der Waals surface area contributed by atoms with E-state index in [1.807, 2.05) is 13.0 Å². The highest BCUT2D eigenvalue weighted by Gasteiger charge is 2.34. The number of hydrogen-bond donors (Lipinski definition) is 1. The van der Waals surface area contributed by atoms with Crippen molar-refractivity contribution in [1.82, 2.24) is 9.88 Å². The Labute approximate surface area is 99.1 Å². The number of hydrogen-bond acceptors (Lipinski definition) is 3. The Kier molecular flexibility index (Phi) is 3.08. The maximum atomic E-state index is 11.6. The number of aryl methyl sites for hydroxylation is 1. The first-order chi connectivity index (χ1) is 8.08. The van der Waals surface area contributed by atoms with Crippen LogP contribution in [0.15, 0.2) is 18.5 Å². The molecule has 1 unspecified atom stereocenters. The summed E-state index contributed by atoms with van der Waals surface area (Å²) in [6.45, 7) is 2.69. The summed E-state index contributed by atoms with van der Waals surface area (Å²) in [5, 5.41) is 8.88. The van der Waals surface area contributed by atoms with Gasteiger partial charge in [0.2, 0.25) is 5.91 Å². The van der Waals surface area contributed by atoms with Crippen LogP contribution in [0.3, 0.4) is 0 Å². The van der Waals surface area contributed by atoms with Gasteiger partial charge in [0.15, 0.2) is 0 Å². The van der Waals surface area contributed by atoms with Gasteiger partial charge in [0.05, 0.1) is 5.92 Å². The van der Waals surface area contributed by atoms with E-state index in [1.165, 1.54) is 0 Å². The van der Waals surface area contributed by atoms with E-state index in [1.54, 1.807) is 17.3 Å². The Balaban J connectivity index is 2.08. The molecule has 5 nitrogen and oxygen atoms in total. The molecule has 0 bridgehead atoms. The van der Waals surface area contributed by atoms with Crippen LogP contribution in [-0.4, -0.2) is 33.4 Å². The van der Waals surface area contributed by atoms with E-state index in [-0.39, 0.29) is 12.3 Å². The third kappa shape index (κ3) is 2.43. The van der Waals surface area contributed by atoms with Crippen molar-refractivity contribution in [2.75, 3.05) is 6.54 Å². The monoisotopic (exact) mass is 234 g/mol. The molecule has 0 aromatic carbocycles. The van der Waals surface area contributed by atoms with Gasteiger partial charge in [0, 0.05) is 31.9 Å². The summed E-state index contributed by atoms with van der Waals surface area (Å²) in [7, 11) is 0. The smallest absolute Gasteiger partial charge is 0.308 e. The standard InChI is InChI=1S/C12H14N2O3/c1-8-2-3-13-5-10(8)7-14-6-9(12(16)17)4-11(14)15/h2-3,5,9H,4,6-7H2,1H3,(H,16,17). The average molecular weight is 234 g/mol. The first-order valence-corrected chi connectivity index (χ1v) is 5.48. The fraction of sp³-hybridized carbons (Fsp3) is 0.417. The topological polar surface area (TPSA) is 70.5 Å². The van der Waals surface area contributed by atoms with Crippen LogP contribution in [0, 0.1) is 12.8 Å². The number of pyridine rings is 1. The summed E-state index contributed by atoms with van der Waals surface area (Å²) in [6.07, 6.45) is 3.52. The molecule has 5 heteroatoms. The lowest BCUT2D eigenvalue weighted by atomic mass is 10.1. The van der Waals surface area contributed by atoms with E-state index in [2.05, 4.69) is 4.98 Å². The van der Waals surface area contributed by atoms with Gasteiger partial charge in [0.25, 0.3) is 0 Å². The first kappa shape index (κ1) is 11.6. The lowest BCUT2D eigenvalue weighted by molar-refractivity contribution is -0.141. The molecule has 2 heterocycles. The van der Waals surface area contributed by atoms with E-state index in [0.717, 1.165) is 11.1 Å². The number of aliphatic carboxylic acids is 1. The SMILES string of the molecule is Cc1ccncc1CN1CC(C(=O)O)CC1=O. The molecule has 2 rings (SSSR count). The van der Waals surface area contributed by atoms with Crippen LogP contribution in [-0.2, 0) is 16.1 Å². The van der Waals surface area contributed by atoms with Crippen molar-refractivity contribution >= 4 is 11.9 Å². The van der Waals surface area contributed by atoms with Crippen molar-refractivity contribution in [1.29, 1.82) is 0 Å². The van der Waals surface area contributed by atoms with Crippen LogP contribution in [0.4, 0.5) is 0 Å². The maximum absolute atomic E-state index is 11.6. The highest BCUT2D eigenvalue weighted by molar-refractivity contribution is 5.86. The van der Waals surface area contributed by atoms with Gasteiger partial charge in [-0.2, -0.15) is 0 Å². The molecular formula is C12H14N2O3. The molecule has 1 saturated heterocycles. The molecule has 1 amide bonds. The van der Waals surface area contributed by atoms with Gasteiger partial charge in [-0.25, -0.2) is 0 Å². The van der Waals surface area contributed by atoms with Crippen molar-refractivity contribution in [3.8, 4) is 0 Å². The summed E-state index contributed by atoms with van der Waals surface area (Å²) in [5.74, 6) is -1.57. The van der Waals surface area contributed by atoms with E-state index in [9.17, 15) is 9.59 Å². The molecule has 1 aromatic rings. The van der Waals surface area contributed by atoms with Crippen molar-refractivity contribution in [3.05, 3.63) is 29.6 Å². The number of carboxylic acid groups (broad SMARTS) is 1. The summed E-state index contributed by atoms with van der Waals surface area (Å²) in [5.41, 5.74) is 2.03. The van der Waals surface area contributed by atoms with Crippen molar-refractivity contribution < 1.29 is 14.7 Å². The number of rotatable bonds is 3. The van der Waals surface area contributed by atoms with Gasteiger partial charge in [-0.1, -0.05) is 0 Å². The molecule has 17 heavy (non-hydrogen) atoms. The number of carboxylic acids is 1.